The van der Waals surface area contributed by atoms with Crippen molar-refractivity contribution in [2.24, 2.45) is 0 Å². The first kappa shape index (κ1) is 14.2. The number of nitrogens with zero attached hydrogens (tertiary/aromatic N) is 2. The molecule has 6 heteroatoms. The number of nitrogens with one attached hydrogen (secondary N) is 1. The van der Waals surface area contributed by atoms with Crippen LogP contribution in [-0.4, -0.2) is 23.1 Å². The molecule has 3 rings (SSSR count). The smallest absolute Gasteiger partial charge is 0.323 e. The first-order valence-corrected chi connectivity index (χ1v) is 7.00. The van der Waals surface area contributed by atoms with Gasteiger partial charge in [0.05, 0.1) is 6.04 Å². The molecule has 114 valence electrons. The van der Waals surface area contributed by atoms with Crippen molar-refractivity contribution in [2.75, 3.05) is 12.4 Å². The number of urea groups is 1. The molecule has 0 aliphatic rings. The molecule has 1 atom stereocenters. The number of fused-ring (bicyclic) bond motifs is 1. The van der Waals surface area contributed by atoms with Gasteiger partial charge in [0, 0.05) is 18.5 Å². The summed E-state index contributed by atoms with van der Waals surface area (Å²) in [6.45, 7) is 3.68. The Bertz CT molecular complexity index is 773. The monoisotopic (exact) mass is 299 g/mol. The molecule has 0 aliphatic heterocycles. The molecule has 1 N–H and O–H groups in total. The Morgan fingerprint density at radius 2 is 2.09 bits per heavy atom. The SMILES string of the molecule is Cc1cc(NC(=O)N(C)[C@H](C)c2cc3ccccc3o2)no1. The van der Waals surface area contributed by atoms with E-state index in [4.69, 9.17) is 8.94 Å². The summed E-state index contributed by atoms with van der Waals surface area (Å²) in [5.41, 5.74) is 0.810. The van der Waals surface area contributed by atoms with E-state index in [0.717, 1.165) is 16.7 Å². The molecule has 0 fully saturated rings. The van der Waals surface area contributed by atoms with Crippen molar-refractivity contribution in [3.8, 4) is 0 Å². The summed E-state index contributed by atoms with van der Waals surface area (Å²) >= 11 is 0. The topological polar surface area (TPSA) is 71.5 Å². The Kier molecular flexibility index (Phi) is 3.58. The van der Waals surface area contributed by atoms with Gasteiger partial charge in [-0.3, -0.25) is 5.32 Å². The van der Waals surface area contributed by atoms with E-state index in [-0.39, 0.29) is 12.1 Å². The molecule has 0 saturated heterocycles. The molecule has 2 amide bonds. The first-order valence-electron chi connectivity index (χ1n) is 7.00. The third kappa shape index (κ3) is 2.67. The van der Waals surface area contributed by atoms with Gasteiger partial charge in [-0.2, -0.15) is 0 Å². The van der Waals surface area contributed by atoms with Crippen LogP contribution in [0.1, 0.15) is 24.5 Å². The van der Waals surface area contributed by atoms with Crippen LogP contribution in [0.2, 0.25) is 0 Å². The van der Waals surface area contributed by atoms with Crippen LogP contribution in [0.5, 0.6) is 0 Å². The highest BCUT2D eigenvalue weighted by Crippen LogP contribution is 2.27. The maximum Gasteiger partial charge on any atom is 0.323 e. The van der Waals surface area contributed by atoms with Crippen molar-refractivity contribution in [1.82, 2.24) is 10.1 Å². The predicted molar refractivity (Wildman–Crippen MR) is 82.7 cm³/mol. The van der Waals surface area contributed by atoms with Gasteiger partial charge < -0.3 is 13.8 Å². The summed E-state index contributed by atoms with van der Waals surface area (Å²) in [5, 5.41) is 7.45. The van der Waals surface area contributed by atoms with E-state index in [1.807, 2.05) is 37.3 Å². The number of carbonyl (C=O) groups is 1. The highest BCUT2D eigenvalue weighted by molar-refractivity contribution is 5.88. The molecule has 0 spiro atoms. The molecule has 0 unspecified atom stereocenters. The van der Waals surface area contributed by atoms with Gasteiger partial charge in [-0.25, -0.2) is 4.79 Å². The summed E-state index contributed by atoms with van der Waals surface area (Å²) in [7, 11) is 1.71. The number of hydrogen-bond donors (Lipinski definition) is 1. The lowest BCUT2D eigenvalue weighted by Crippen LogP contribution is -2.33. The first-order chi connectivity index (χ1) is 10.5. The number of aryl methyl sites for hydroxylation is 1. The van der Waals surface area contributed by atoms with Crippen LogP contribution in [0.15, 0.2) is 45.3 Å². The fourth-order valence-corrected chi connectivity index (χ4v) is 2.20. The van der Waals surface area contributed by atoms with E-state index in [1.165, 1.54) is 0 Å². The number of furan rings is 1. The fourth-order valence-electron chi connectivity index (χ4n) is 2.20. The van der Waals surface area contributed by atoms with E-state index in [0.29, 0.717) is 11.6 Å². The molecule has 1 aromatic carbocycles. The third-order valence-electron chi connectivity index (χ3n) is 3.62. The van der Waals surface area contributed by atoms with E-state index in [2.05, 4.69) is 10.5 Å². The summed E-state index contributed by atoms with van der Waals surface area (Å²) in [6.07, 6.45) is 0. The lowest BCUT2D eigenvalue weighted by molar-refractivity contribution is 0.201. The number of para-hydroxylation sites is 1. The summed E-state index contributed by atoms with van der Waals surface area (Å²) < 4.78 is 10.7. The van der Waals surface area contributed by atoms with Crippen LogP contribution < -0.4 is 5.32 Å². The standard InChI is InChI=1S/C16H17N3O3/c1-10-8-15(18-22-10)17-16(20)19(3)11(2)14-9-12-6-4-5-7-13(12)21-14/h4-9,11H,1-3H3,(H,17,18,20)/t11-/m1/s1. The maximum absolute atomic E-state index is 12.2. The van der Waals surface area contributed by atoms with Crippen molar-refractivity contribution in [3.63, 3.8) is 0 Å². The lowest BCUT2D eigenvalue weighted by atomic mass is 10.2. The molecule has 0 saturated carbocycles. The third-order valence-corrected chi connectivity index (χ3v) is 3.62. The second-order valence-electron chi connectivity index (χ2n) is 5.23. The number of carbonyl (C=O) groups excluding carboxylic acids is 1. The Labute approximate surface area is 127 Å². The number of rotatable bonds is 3. The van der Waals surface area contributed by atoms with Gasteiger partial charge in [-0.05, 0) is 26.0 Å². The fraction of sp³-hybridized carbons (Fsp3) is 0.250. The second kappa shape index (κ2) is 5.55. The number of benzene rings is 1. The molecule has 2 heterocycles. The van der Waals surface area contributed by atoms with Crippen molar-refractivity contribution in [2.45, 2.75) is 19.9 Å². The average Bonchev–Trinajstić information content (AvgIpc) is 3.11. The van der Waals surface area contributed by atoms with Crippen LogP contribution in [-0.2, 0) is 0 Å². The minimum atomic E-state index is -0.277. The molecule has 22 heavy (non-hydrogen) atoms. The zero-order valence-electron chi connectivity index (χ0n) is 12.7. The van der Waals surface area contributed by atoms with E-state index >= 15 is 0 Å². The van der Waals surface area contributed by atoms with Gasteiger partial charge in [-0.15, -0.1) is 0 Å². The zero-order chi connectivity index (χ0) is 15.7. The van der Waals surface area contributed by atoms with Gasteiger partial charge >= 0.3 is 6.03 Å². The molecule has 0 aliphatic carbocycles. The van der Waals surface area contributed by atoms with Crippen LogP contribution in [0.4, 0.5) is 10.6 Å². The normalized spacial score (nSPS) is 12.3. The maximum atomic E-state index is 12.2. The minimum absolute atomic E-state index is 0.208. The molecule has 6 nitrogen and oxygen atoms in total. The molecule has 0 bridgehead atoms. The minimum Gasteiger partial charge on any atom is -0.459 e. The van der Waals surface area contributed by atoms with Gasteiger partial charge in [0.1, 0.15) is 17.1 Å². The number of hydrogen-bond acceptors (Lipinski definition) is 4. The van der Waals surface area contributed by atoms with Gasteiger partial charge in [-0.1, -0.05) is 23.4 Å². The van der Waals surface area contributed by atoms with Crippen molar-refractivity contribution >= 4 is 22.8 Å². The highest BCUT2D eigenvalue weighted by Gasteiger charge is 2.21. The summed E-state index contributed by atoms with van der Waals surface area (Å²) in [4.78, 5) is 13.8. The molecule has 3 aromatic rings. The molecular weight excluding hydrogens is 282 g/mol. The Hall–Kier alpha value is -2.76. The Balaban J connectivity index is 1.75. The summed E-state index contributed by atoms with van der Waals surface area (Å²) in [5.74, 6) is 1.77. The van der Waals surface area contributed by atoms with Crippen molar-refractivity contribution in [1.29, 1.82) is 0 Å². The number of amides is 2. The highest BCUT2D eigenvalue weighted by atomic mass is 16.5. The average molecular weight is 299 g/mol. The van der Waals surface area contributed by atoms with Gasteiger partial charge in [0.2, 0.25) is 0 Å². The van der Waals surface area contributed by atoms with Crippen molar-refractivity contribution in [3.05, 3.63) is 47.9 Å². The van der Waals surface area contributed by atoms with Crippen LogP contribution >= 0.6 is 0 Å². The Morgan fingerprint density at radius 3 is 2.77 bits per heavy atom. The number of anilines is 1. The van der Waals surface area contributed by atoms with E-state index in [9.17, 15) is 4.79 Å². The van der Waals surface area contributed by atoms with Crippen LogP contribution in [0.25, 0.3) is 11.0 Å². The number of aromatic nitrogens is 1. The quantitative estimate of drug-likeness (QED) is 0.794. The lowest BCUT2D eigenvalue weighted by Gasteiger charge is -2.22. The van der Waals surface area contributed by atoms with Crippen LogP contribution in [0.3, 0.4) is 0 Å². The van der Waals surface area contributed by atoms with Crippen LogP contribution in [0, 0.1) is 6.92 Å². The Morgan fingerprint density at radius 1 is 1.32 bits per heavy atom. The largest absolute Gasteiger partial charge is 0.459 e. The van der Waals surface area contributed by atoms with E-state index in [1.54, 1.807) is 24.9 Å². The van der Waals surface area contributed by atoms with E-state index < -0.39 is 0 Å². The predicted octanol–water partition coefficient (Wildman–Crippen LogP) is 3.95. The zero-order valence-corrected chi connectivity index (χ0v) is 12.7. The summed E-state index contributed by atoms with van der Waals surface area (Å²) in [6, 6.07) is 10.9. The molecule has 2 aromatic heterocycles. The van der Waals surface area contributed by atoms with Crippen molar-refractivity contribution < 1.29 is 13.7 Å². The van der Waals surface area contributed by atoms with Gasteiger partial charge in [0.15, 0.2) is 5.82 Å². The molecular formula is C16H17N3O3. The van der Waals surface area contributed by atoms with Gasteiger partial charge in [0.25, 0.3) is 0 Å². The molecule has 0 radical (unpaired) electrons. The second-order valence-corrected chi connectivity index (χ2v) is 5.23.